The lowest BCUT2D eigenvalue weighted by Crippen LogP contribution is -2.52. The first-order chi connectivity index (χ1) is 16.4. The molecule has 0 aliphatic heterocycles. The molecule has 6 heteroatoms. The average Bonchev–Trinajstić information content (AvgIpc) is 2.84. The predicted octanol–water partition coefficient (Wildman–Crippen LogP) is 5.58. The summed E-state index contributed by atoms with van der Waals surface area (Å²) in [6.45, 7) is 4.11. The van der Waals surface area contributed by atoms with Gasteiger partial charge in [0.05, 0.1) is 6.42 Å². The Morgan fingerprint density at radius 3 is 2.24 bits per heavy atom. The van der Waals surface area contributed by atoms with Crippen molar-refractivity contribution >= 4 is 23.4 Å². The van der Waals surface area contributed by atoms with E-state index in [0.717, 1.165) is 17.5 Å². The van der Waals surface area contributed by atoms with Crippen LogP contribution in [0.2, 0.25) is 5.02 Å². The highest BCUT2D eigenvalue weighted by molar-refractivity contribution is 6.31. The van der Waals surface area contributed by atoms with Gasteiger partial charge in [-0.25, -0.2) is 4.39 Å². The third-order valence-electron chi connectivity index (χ3n) is 5.84. The van der Waals surface area contributed by atoms with E-state index < -0.39 is 6.04 Å². The van der Waals surface area contributed by atoms with Crippen molar-refractivity contribution in [2.45, 2.75) is 51.7 Å². The molecule has 34 heavy (non-hydrogen) atoms. The van der Waals surface area contributed by atoms with Crippen LogP contribution in [0.4, 0.5) is 4.39 Å². The Kier molecular flexibility index (Phi) is 9.23. The first kappa shape index (κ1) is 25.4. The Morgan fingerprint density at radius 2 is 1.59 bits per heavy atom. The van der Waals surface area contributed by atoms with Gasteiger partial charge in [0.25, 0.3) is 0 Å². The largest absolute Gasteiger partial charge is 0.352 e. The maximum atomic E-state index is 13.6. The van der Waals surface area contributed by atoms with E-state index in [1.807, 2.05) is 62.4 Å². The van der Waals surface area contributed by atoms with Crippen LogP contribution in [0.15, 0.2) is 78.9 Å². The van der Waals surface area contributed by atoms with E-state index in [-0.39, 0.29) is 36.6 Å². The van der Waals surface area contributed by atoms with Crippen molar-refractivity contribution < 1.29 is 14.0 Å². The van der Waals surface area contributed by atoms with Gasteiger partial charge in [-0.3, -0.25) is 9.59 Å². The van der Waals surface area contributed by atoms with E-state index in [9.17, 15) is 14.0 Å². The summed E-state index contributed by atoms with van der Waals surface area (Å²) in [4.78, 5) is 28.7. The highest BCUT2D eigenvalue weighted by atomic mass is 35.5. The van der Waals surface area contributed by atoms with Crippen molar-refractivity contribution in [3.05, 3.63) is 106 Å². The van der Waals surface area contributed by atoms with E-state index in [1.165, 1.54) is 12.1 Å². The van der Waals surface area contributed by atoms with Gasteiger partial charge in [-0.05, 0) is 48.2 Å². The molecule has 0 saturated heterocycles. The fraction of sp³-hybridized carbons (Fsp3) is 0.286. The van der Waals surface area contributed by atoms with Crippen LogP contribution in [0.25, 0.3) is 0 Å². The Bertz CT molecular complexity index is 1090. The highest BCUT2D eigenvalue weighted by Gasteiger charge is 2.31. The molecule has 2 atom stereocenters. The van der Waals surface area contributed by atoms with Crippen LogP contribution >= 0.6 is 11.6 Å². The van der Waals surface area contributed by atoms with Crippen molar-refractivity contribution in [3.63, 3.8) is 0 Å². The number of hydrogen-bond donors (Lipinski definition) is 1. The lowest BCUT2D eigenvalue weighted by molar-refractivity contribution is -0.141. The topological polar surface area (TPSA) is 49.4 Å². The number of hydrogen-bond acceptors (Lipinski definition) is 2. The smallest absolute Gasteiger partial charge is 0.243 e. The predicted molar refractivity (Wildman–Crippen MR) is 134 cm³/mol. The lowest BCUT2D eigenvalue weighted by atomic mass is 10.0. The number of nitrogens with one attached hydrogen (secondary N) is 1. The Morgan fingerprint density at radius 1 is 0.941 bits per heavy atom. The van der Waals surface area contributed by atoms with E-state index in [2.05, 4.69) is 5.32 Å². The fourth-order valence-corrected chi connectivity index (χ4v) is 3.89. The van der Waals surface area contributed by atoms with Gasteiger partial charge in [-0.1, -0.05) is 79.2 Å². The second kappa shape index (κ2) is 12.3. The van der Waals surface area contributed by atoms with Crippen molar-refractivity contribution in [1.29, 1.82) is 0 Å². The molecule has 0 aliphatic rings. The number of carbonyl (C=O) groups excluding carboxylic acids is 2. The van der Waals surface area contributed by atoms with Gasteiger partial charge < -0.3 is 10.2 Å². The van der Waals surface area contributed by atoms with Crippen LogP contribution in [0, 0.1) is 5.82 Å². The summed E-state index contributed by atoms with van der Waals surface area (Å²) in [6, 6.07) is 22.0. The van der Waals surface area contributed by atoms with Gasteiger partial charge in [0, 0.05) is 24.0 Å². The second-order valence-electron chi connectivity index (χ2n) is 8.44. The minimum absolute atomic E-state index is 0.0304. The van der Waals surface area contributed by atoms with Gasteiger partial charge in [0.1, 0.15) is 11.9 Å². The minimum Gasteiger partial charge on any atom is -0.352 e. The first-order valence-corrected chi connectivity index (χ1v) is 11.9. The SMILES string of the molecule is CCC(C)NC(=O)C(Cc1ccccc1)N(Cc1ccc(F)cc1)C(=O)Cc1ccccc1Cl. The third-order valence-corrected chi connectivity index (χ3v) is 6.21. The molecule has 178 valence electrons. The van der Waals surface area contributed by atoms with Crippen LogP contribution in [-0.4, -0.2) is 28.8 Å². The summed E-state index contributed by atoms with van der Waals surface area (Å²) in [5, 5.41) is 3.54. The molecule has 3 aromatic carbocycles. The van der Waals surface area contributed by atoms with Crippen LogP contribution in [0.5, 0.6) is 0 Å². The molecular formula is C28H30ClFN2O2. The number of rotatable bonds is 10. The van der Waals surface area contributed by atoms with Gasteiger partial charge in [-0.15, -0.1) is 0 Å². The number of amides is 2. The fourth-order valence-electron chi connectivity index (χ4n) is 3.69. The van der Waals surface area contributed by atoms with Gasteiger partial charge in [0.2, 0.25) is 11.8 Å². The first-order valence-electron chi connectivity index (χ1n) is 11.5. The number of nitrogens with zero attached hydrogens (tertiary/aromatic N) is 1. The van der Waals surface area contributed by atoms with E-state index in [1.54, 1.807) is 23.1 Å². The normalized spacial score (nSPS) is 12.6. The summed E-state index contributed by atoms with van der Waals surface area (Å²) in [5.41, 5.74) is 2.38. The quantitative estimate of drug-likeness (QED) is 0.412. The van der Waals surface area contributed by atoms with Crippen molar-refractivity contribution in [2.75, 3.05) is 0 Å². The zero-order valence-corrected chi connectivity index (χ0v) is 20.3. The van der Waals surface area contributed by atoms with Crippen LogP contribution in [-0.2, 0) is 29.0 Å². The standard InChI is InChI=1S/C28H30ClFN2O2/c1-3-20(2)31-28(34)26(17-21-9-5-4-6-10-21)32(19-22-13-15-24(30)16-14-22)27(33)18-23-11-7-8-12-25(23)29/h4-16,20,26H,3,17-19H2,1-2H3,(H,31,34). The maximum Gasteiger partial charge on any atom is 0.243 e. The van der Waals surface area contributed by atoms with E-state index >= 15 is 0 Å². The Balaban J connectivity index is 1.97. The van der Waals surface area contributed by atoms with Gasteiger partial charge >= 0.3 is 0 Å². The maximum absolute atomic E-state index is 13.6. The molecule has 0 bridgehead atoms. The molecule has 0 aliphatic carbocycles. The molecule has 2 unspecified atom stereocenters. The molecule has 0 fully saturated rings. The molecule has 0 heterocycles. The zero-order valence-electron chi connectivity index (χ0n) is 19.5. The van der Waals surface area contributed by atoms with E-state index in [4.69, 9.17) is 11.6 Å². The molecule has 0 aromatic heterocycles. The average molecular weight is 481 g/mol. The summed E-state index contributed by atoms with van der Waals surface area (Å²) >= 11 is 6.32. The molecule has 0 spiro atoms. The Hall–Kier alpha value is -3.18. The third kappa shape index (κ3) is 7.16. The summed E-state index contributed by atoms with van der Waals surface area (Å²) < 4.78 is 13.5. The number of benzene rings is 3. The van der Waals surface area contributed by atoms with E-state index in [0.29, 0.717) is 17.0 Å². The van der Waals surface area contributed by atoms with Gasteiger partial charge in [-0.2, -0.15) is 0 Å². The molecule has 4 nitrogen and oxygen atoms in total. The summed E-state index contributed by atoms with van der Waals surface area (Å²) in [5.74, 6) is -0.793. The molecular weight excluding hydrogens is 451 g/mol. The van der Waals surface area contributed by atoms with Crippen LogP contribution < -0.4 is 5.32 Å². The summed E-state index contributed by atoms with van der Waals surface area (Å²) in [7, 11) is 0. The molecule has 2 amide bonds. The molecule has 3 rings (SSSR count). The lowest BCUT2D eigenvalue weighted by Gasteiger charge is -2.32. The number of carbonyl (C=O) groups is 2. The summed E-state index contributed by atoms with van der Waals surface area (Å²) in [6.07, 6.45) is 1.19. The monoisotopic (exact) mass is 480 g/mol. The van der Waals surface area contributed by atoms with Crippen LogP contribution in [0.1, 0.15) is 37.0 Å². The molecule has 3 aromatic rings. The molecule has 0 radical (unpaired) electrons. The van der Waals surface area contributed by atoms with Crippen LogP contribution in [0.3, 0.4) is 0 Å². The molecule has 0 saturated carbocycles. The van der Waals surface area contributed by atoms with Crippen molar-refractivity contribution in [1.82, 2.24) is 10.2 Å². The zero-order chi connectivity index (χ0) is 24.5. The number of halogens is 2. The van der Waals surface area contributed by atoms with Gasteiger partial charge in [0.15, 0.2) is 0 Å². The minimum atomic E-state index is -0.739. The highest BCUT2D eigenvalue weighted by Crippen LogP contribution is 2.20. The second-order valence-corrected chi connectivity index (χ2v) is 8.85. The van der Waals surface area contributed by atoms with Crippen molar-refractivity contribution in [2.24, 2.45) is 0 Å². The molecule has 1 N–H and O–H groups in total. The van der Waals surface area contributed by atoms with Crippen molar-refractivity contribution in [3.8, 4) is 0 Å². The Labute approximate surface area is 205 Å².